The minimum absolute atomic E-state index is 0.00568. The minimum atomic E-state index is -3.99. The largest absolute Gasteiger partial charge is 0.491 e. The van der Waals surface area contributed by atoms with Crippen LogP contribution in [-0.4, -0.2) is 34.5 Å². The Labute approximate surface area is 183 Å². The number of aromatic nitrogens is 4. The summed E-state index contributed by atoms with van der Waals surface area (Å²) in [6.45, 7) is 1.98. The number of imidazole rings is 1. The normalized spacial score (nSPS) is 11.2. The Bertz CT molecular complexity index is 1310. The molecule has 0 aliphatic rings. The maximum Gasteiger partial charge on any atom is 0.262 e. The molecule has 2 aromatic carbocycles. The number of hydrogen-bond acceptors (Lipinski definition) is 7. The molecule has 0 fully saturated rings. The molecule has 4 aromatic rings. The SMILES string of the molecule is CCOc1ccc(S(=O)(=O)Nc2ccc(Oc3cc(-n4ccnc4)ncn3)cc2)cc1F. The fraction of sp³-hybridized carbons (Fsp3) is 0.0952. The van der Waals surface area contributed by atoms with Gasteiger partial charge in [-0.1, -0.05) is 0 Å². The van der Waals surface area contributed by atoms with Crippen molar-refractivity contribution in [1.29, 1.82) is 0 Å². The molecular weight excluding hydrogens is 437 g/mol. The van der Waals surface area contributed by atoms with E-state index in [9.17, 15) is 12.8 Å². The molecule has 164 valence electrons. The van der Waals surface area contributed by atoms with Crippen LogP contribution in [0.2, 0.25) is 0 Å². The second-order valence-electron chi connectivity index (χ2n) is 6.44. The van der Waals surface area contributed by atoms with E-state index in [1.54, 1.807) is 48.4 Å². The fourth-order valence-corrected chi connectivity index (χ4v) is 3.84. The number of nitrogens with zero attached hydrogens (tertiary/aromatic N) is 4. The zero-order valence-electron chi connectivity index (χ0n) is 16.8. The molecule has 0 aliphatic heterocycles. The third-order valence-electron chi connectivity index (χ3n) is 4.24. The van der Waals surface area contributed by atoms with Crippen LogP contribution >= 0.6 is 0 Å². The van der Waals surface area contributed by atoms with Gasteiger partial charge >= 0.3 is 0 Å². The molecule has 0 amide bonds. The lowest BCUT2D eigenvalue weighted by Crippen LogP contribution is -2.13. The summed E-state index contributed by atoms with van der Waals surface area (Å²) in [7, 11) is -3.99. The molecule has 9 nitrogen and oxygen atoms in total. The van der Waals surface area contributed by atoms with E-state index in [4.69, 9.17) is 9.47 Å². The monoisotopic (exact) mass is 455 g/mol. The lowest BCUT2D eigenvalue weighted by molar-refractivity contribution is 0.321. The second kappa shape index (κ2) is 9.02. The Balaban J connectivity index is 1.46. The maximum absolute atomic E-state index is 14.0. The summed E-state index contributed by atoms with van der Waals surface area (Å²) in [5.41, 5.74) is 0.286. The molecule has 0 atom stereocenters. The first-order valence-corrected chi connectivity index (χ1v) is 11.0. The van der Waals surface area contributed by atoms with Crippen molar-refractivity contribution in [3.63, 3.8) is 0 Å². The molecule has 0 saturated carbocycles. The van der Waals surface area contributed by atoms with Gasteiger partial charge in [0.05, 0.1) is 11.5 Å². The van der Waals surface area contributed by atoms with E-state index in [1.807, 2.05) is 0 Å². The summed E-state index contributed by atoms with van der Waals surface area (Å²) in [4.78, 5) is 12.0. The first-order chi connectivity index (χ1) is 15.4. The average molecular weight is 455 g/mol. The van der Waals surface area contributed by atoms with Gasteiger partial charge in [-0.25, -0.2) is 27.8 Å². The van der Waals surface area contributed by atoms with Crippen molar-refractivity contribution < 1.29 is 22.3 Å². The van der Waals surface area contributed by atoms with Crippen molar-refractivity contribution in [1.82, 2.24) is 19.5 Å². The second-order valence-corrected chi connectivity index (χ2v) is 8.12. The number of benzene rings is 2. The van der Waals surface area contributed by atoms with Gasteiger partial charge in [0.2, 0.25) is 5.88 Å². The van der Waals surface area contributed by atoms with E-state index >= 15 is 0 Å². The van der Waals surface area contributed by atoms with Crippen LogP contribution in [0.5, 0.6) is 17.4 Å². The van der Waals surface area contributed by atoms with E-state index < -0.39 is 15.8 Å². The molecule has 0 bridgehead atoms. The van der Waals surface area contributed by atoms with Gasteiger partial charge in [-0.2, -0.15) is 0 Å². The summed E-state index contributed by atoms with van der Waals surface area (Å²) < 4.78 is 54.1. The Morgan fingerprint density at radius 1 is 1.09 bits per heavy atom. The Morgan fingerprint density at radius 3 is 2.59 bits per heavy atom. The van der Waals surface area contributed by atoms with E-state index in [1.165, 1.54) is 30.6 Å². The highest BCUT2D eigenvalue weighted by atomic mass is 32.2. The van der Waals surface area contributed by atoms with E-state index in [0.717, 1.165) is 6.07 Å². The molecule has 11 heteroatoms. The molecule has 0 saturated heterocycles. The molecule has 2 aromatic heterocycles. The highest BCUT2D eigenvalue weighted by Gasteiger charge is 2.17. The van der Waals surface area contributed by atoms with Crippen molar-refractivity contribution >= 4 is 15.7 Å². The molecule has 4 rings (SSSR count). The smallest absolute Gasteiger partial charge is 0.262 e. The van der Waals surface area contributed by atoms with Crippen LogP contribution in [-0.2, 0) is 10.0 Å². The van der Waals surface area contributed by atoms with Crippen LogP contribution in [0.4, 0.5) is 10.1 Å². The Hall–Kier alpha value is -3.99. The van der Waals surface area contributed by atoms with Gasteiger partial charge in [0.15, 0.2) is 11.6 Å². The van der Waals surface area contributed by atoms with Gasteiger partial charge in [0, 0.05) is 24.1 Å². The number of sulfonamides is 1. The van der Waals surface area contributed by atoms with Crippen molar-refractivity contribution in [2.45, 2.75) is 11.8 Å². The van der Waals surface area contributed by atoms with Gasteiger partial charge < -0.3 is 9.47 Å². The minimum Gasteiger partial charge on any atom is -0.491 e. The number of anilines is 1. The van der Waals surface area contributed by atoms with Crippen LogP contribution in [0, 0.1) is 5.82 Å². The third kappa shape index (κ3) is 4.83. The molecular formula is C21H18FN5O4S. The first kappa shape index (κ1) is 21.2. The van der Waals surface area contributed by atoms with Gasteiger partial charge in [0.1, 0.15) is 24.2 Å². The van der Waals surface area contributed by atoms with Gasteiger partial charge in [-0.3, -0.25) is 9.29 Å². The van der Waals surface area contributed by atoms with Crippen LogP contribution in [0.15, 0.2) is 78.5 Å². The highest BCUT2D eigenvalue weighted by Crippen LogP contribution is 2.25. The zero-order chi connectivity index (χ0) is 22.6. The fourth-order valence-electron chi connectivity index (χ4n) is 2.77. The van der Waals surface area contributed by atoms with Crippen LogP contribution < -0.4 is 14.2 Å². The van der Waals surface area contributed by atoms with Gasteiger partial charge in [-0.05, 0) is 49.4 Å². The standard InChI is InChI=1S/C21H18FN5O4S/c1-2-30-19-8-7-17(11-18(19)22)32(28,29)26-15-3-5-16(6-4-15)31-21-12-20(24-13-25-21)27-10-9-23-14-27/h3-14,26H,2H2,1H3. The summed E-state index contributed by atoms with van der Waals surface area (Å²) >= 11 is 0. The maximum atomic E-state index is 14.0. The quantitative estimate of drug-likeness (QED) is 0.431. The Morgan fingerprint density at radius 2 is 1.91 bits per heavy atom. The van der Waals surface area contributed by atoms with Crippen LogP contribution in [0.1, 0.15) is 6.92 Å². The predicted molar refractivity (Wildman–Crippen MR) is 114 cm³/mol. The van der Waals surface area contributed by atoms with Crippen molar-refractivity contribution in [2.75, 3.05) is 11.3 Å². The molecule has 0 spiro atoms. The molecule has 0 radical (unpaired) electrons. The molecule has 1 N–H and O–H groups in total. The molecule has 32 heavy (non-hydrogen) atoms. The number of ether oxygens (including phenoxy) is 2. The number of nitrogens with one attached hydrogen (secondary N) is 1. The van der Waals surface area contributed by atoms with Crippen LogP contribution in [0.3, 0.4) is 0 Å². The summed E-state index contributed by atoms with van der Waals surface area (Å²) in [6, 6.07) is 11.3. The Kier molecular flexibility index (Phi) is 5.99. The zero-order valence-corrected chi connectivity index (χ0v) is 17.7. The van der Waals surface area contributed by atoms with E-state index in [2.05, 4.69) is 19.7 Å². The third-order valence-corrected chi connectivity index (χ3v) is 5.62. The molecule has 0 aliphatic carbocycles. The number of halogens is 1. The lowest BCUT2D eigenvalue weighted by atomic mass is 10.3. The predicted octanol–water partition coefficient (Wildman–Crippen LogP) is 3.79. The summed E-state index contributed by atoms with van der Waals surface area (Å²) in [6.07, 6.45) is 6.33. The number of hydrogen-bond donors (Lipinski definition) is 1. The summed E-state index contributed by atoms with van der Waals surface area (Å²) in [5.74, 6) is 0.573. The highest BCUT2D eigenvalue weighted by molar-refractivity contribution is 7.92. The van der Waals surface area contributed by atoms with Crippen molar-refractivity contribution in [3.05, 3.63) is 79.4 Å². The van der Waals surface area contributed by atoms with Crippen molar-refractivity contribution in [2.24, 2.45) is 0 Å². The number of rotatable bonds is 8. The van der Waals surface area contributed by atoms with Crippen molar-refractivity contribution in [3.8, 4) is 23.2 Å². The van der Waals surface area contributed by atoms with E-state index in [-0.39, 0.29) is 22.9 Å². The first-order valence-electron chi connectivity index (χ1n) is 9.48. The van der Waals surface area contributed by atoms with E-state index in [0.29, 0.717) is 17.4 Å². The summed E-state index contributed by atoms with van der Waals surface area (Å²) in [5, 5.41) is 0. The topological polar surface area (TPSA) is 108 Å². The molecule has 0 unspecified atom stereocenters. The van der Waals surface area contributed by atoms with Gasteiger partial charge in [-0.15, -0.1) is 0 Å². The lowest BCUT2D eigenvalue weighted by Gasteiger charge is -2.11. The van der Waals surface area contributed by atoms with Gasteiger partial charge in [0.25, 0.3) is 10.0 Å². The molecule has 2 heterocycles. The average Bonchev–Trinajstić information content (AvgIpc) is 3.32. The van der Waals surface area contributed by atoms with Crippen LogP contribution in [0.25, 0.3) is 5.82 Å².